The molecule has 2 aromatic rings. The van der Waals surface area contributed by atoms with Gasteiger partial charge < -0.3 is 14.3 Å². The lowest BCUT2D eigenvalue weighted by molar-refractivity contribution is 0.0687. The maximum absolute atomic E-state index is 12.4. The van der Waals surface area contributed by atoms with Crippen molar-refractivity contribution >= 4 is 27.5 Å². The van der Waals surface area contributed by atoms with E-state index in [2.05, 4.69) is 9.10 Å². The summed E-state index contributed by atoms with van der Waals surface area (Å²) in [7, 11) is -2.65. The second-order valence-corrected chi connectivity index (χ2v) is 6.72. The molecule has 0 spiro atoms. The second kappa shape index (κ2) is 6.57. The molecule has 10 heteroatoms. The summed E-state index contributed by atoms with van der Waals surface area (Å²) in [5, 5.41) is 10.2. The Balaban J connectivity index is 2.32. The van der Waals surface area contributed by atoms with Gasteiger partial charge in [0, 0.05) is 12.5 Å². The van der Waals surface area contributed by atoms with E-state index in [4.69, 9.17) is 14.3 Å². The summed E-state index contributed by atoms with van der Waals surface area (Å²) in [5.74, 6) is -0.402. The van der Waals surface area contributed by atoms with Crippen molar-refractivity contribution in [1.82, 2.24) is 9.10 Å². The van der Waals surface area contributed by atoms with E-state index >= 15 is 0 Å². The Kier molecular flexibility index (Phi) is 4.96. The Labute approximate surface area is 130 Å². The SMILES string of the molecule is COCC(NS(=O)(=O)c1csnc1C(=O)O)c1ccc(C)o1. The van der Waals surface area contributed by atoms with Gasteiger partial charge in [-0.1, -0.05) is 0 Å². The van der Waals surface area contributed by atoms with Gasteiger partial charge in [-0.3, -0.25) is 0 Å². The number of aryl methyl sites for hydroxylation is 1. The molecule has 0 aliphatic rings. The number of hydrogen-bond acceptors (Lipinski definition) is 7. The normalized spacial score (nSPS) is 13.2. The zero-order valence-corrected chi connectivity index (χ0v) is 13.4. The Morgan fingerprint density at radius 1 is 1.55 bits per heavy atom. The van der Waals surface area contributed by atoms with Crippen LogP contribution in [0.4, 0.5) is 0 Å². The molecule has 2 aromatic heterocycles. The van der Waals surface area contributed by atoms with Crippen molar-refractivity contribution in [3.05, 3.63) is 34.7 Å². The number of furan rings is 1. The van der Waals surface area contributed by atoms with Gasteiger partial charge in [0.05, 0.1) is 6.61 Å². The molecule has 0 bridgehead atoms. The number of carbonyl (C=O) groups is 1. The fraction of sp³-hybridized carbons (Fsp3) is 0.333. The van der Waals surface area contributed by atoms with Crippen molar-refractivity contribution in [3.8, 4) is 0 Å². The molecule has 8 nitrogen and oxygen atoms in total. The molecule has 0 fully saturated rings. The maximum Gasteiger partial charge on any atom is 0.357 e. The largest absolute Gasteiger partial charge is 0.476 e. The van der Waals surface area contributed by atoms with Crippen LogP contribution in [0.5, 0.6) is 0 Å². The van der Waals surface area contributed by atoms with E-state index in [9.17, 15) is 13.2 Å². The lowest BCUT2D eigenvalue weighted by atomic mass is 10.2. The van der Waals surface area contributed by atoms with Crippen molar-refractivity contribution in [3.63, 3.8) is 0 Å². The van der Waals surface area contributed by atoms with Crippen LogP contribution in [0.3, 0.4) is 0 Å². The first-order valence-electron chi connectivity index (χ1n) is 6.10. The van der Waals surface area contributed by atoms with Gasteiger partial charge in [0.25, 0.3) is 0 Å². The number of methoxy groups -OCH3 is 1. The number of hydrogen-bond donors (Lipinski definition) is 2. The molecule has 2 rings (SSSR count). The molecule has 0 aromatic carbocycles. The van der Waals surface area contributed by atoms with Gasteiger partial charge in [0.15, 0.2) is 5.69 Å². The number of sulfonamides is 1. The predicted octanol–water partition coefficient (Wildman–Crippen LogP) is 1.41. The quantitative estimate of drug-likeness (QED) is 0.778. The molecule has 0 aliphatic heterocycles. The van der Waals surface area contributed by atoms with Gasteiger partial charge in [-0.25, -0.2) is 13.2 Å². The fourth-order valence-electron chi connectivity index (χ4n) is 1.80. The highest BCUT2D eigenvalue weighted by molar-refractivity contribution is 7.89. The predicted molar refractivity (Wildman–Crippen MR) is 77.5 cm³/mol. The average Bonchev–Trinajstić information content (AvgIpc) is 3.06. The Morgan fingerprint density at radius 3 is 2.82 bits per heavy atom. The van der Waals surface area contributed by atoms with Crippen molar-refractivity contribution in [2.75, 3.05) is 13.7 Å². The number of carboxylic acids is 1. The molecule has 1 unspecified atom stereocenters. The lowest BCUT2D eigenvalue weighted by Gasteiger charge is -2.15. The highest BCUT2D eigenvalue weighted by Gasteiger charge is 2.29. The topological polar surface area (TPSA) is 119 Å². The first kappa shape index (κ1) is 16.6. The highest BCUT2D eigenvalue weighted by Crippen LogP contribution is 2.22. The zero-order valence-electron chi connectivity index (χ0n) is 11.8. The second-order valence-electron chi connectivity index (χ2n) is 4.41. The molecule has 22 heavy (non-hydrogen) atoms. The third-order valence-electron chi connectivity index (χ3n) is 2.76. The third-order valence-corrected chi connectivity index (χ3v) is 5.03. The van der Waals surface area contributed by atoms with Gasteiger partial charge in [-0.2, -0.15) is 9.10 Å². The summed E-state index contributed by atoms with van der Waals surface area (Å²) in [6.07, 6.45) is 0. The Hall–Kier alpha value is -1.75. The molecular weight excluding hydrogens is 332 g/mol. The van der Waals surface area contributed by atoms with E-state index < -0.39 is 27.7 Å². The van der Waals surface area contributed by atoms with Crippen LogP contribution >= 0.6 is 11.5 Å². The summed E-state index contributed by atoms with van der Waals surface area (Å²) in [5.41, 5.74) is -0.510. The molecule has 0 aliphatic carbocycles. The molecule has 0 saturated heterocycles. The number of aromatic carboxylic acids is 1. The van der Waals surface area contributed by atoms with Gasteiger partial charge in [-0.05, 0) is 30.6 Å². The minimum absolute atomic E-state index is 0.0339. The number of nitrogens with zero attached hydrogens (tertiary/aromatic N) is 1. The van der Waals surface area contributed by atoms with Crippen molar-refractivity contribution in [2.45, 2.75) is 17.9 Å². The summed E-state index contributed by atoms with van der Waals surface area (Å²) in [4.78, 5) is 10.6. The fourth-order valence-corrected chi connectivity index (χ4v) is 4.10. The van der Waals surface area contributed by atoms with Crippen LogP contribution in [-0.2, 0) is 14.8 Å². The maximum atomic E-state index is 12.4. The van der Waals surface area contributed by atoms with E-state index in [0.29, 0.717) is 11.5 Å². The number of rotatable bonds is 7. The van der Waals surface area contributed by atoms with E-state index in [0.717, 1.165) is 11.5 Å². The molecule has 2 heterocycles. The van der Waals surface area contributed by atoms with Crippen LogP contribution in [0, 0.1) is 6.92 Å². The first-order valence-corrected chi connectivity index (χ1v) is 8.42. The average molecular weight is 346 g/mol. The van der Waals surface area contributed by atoms with Crippen LogP contribution in [0.15, 0.2) is 26.8 Å². The molecule has 0 saturated carbocycles. The van der Waals surface area contributed by atoms with E-state index in [1.165, 1.54) is 12.5 Å². The highest BCUT2D eigenvalue weighted by atomic mass is 32.2. The Morgan fingerprint density at radius 2 is 2.27 bits per heavy atom. The van der Waals surface area contributed by atoms with E-state index in [1.54, 1.807) is 19.1 Å². The summed E-state index contributed by atoms with van der Waals surface area (Å²) in [6, 6.07) is 2.55. The van der Waals surface area contributed by atoms with Gasteiger partial charge in [0.2, 0.25) is 10.0 Å². The molecule has 0 radical (unpaired) electrons. The molecule has 1 atom stereocenters. The minimum atomic E-state index is -4.08. The number of ether oxygens (including phenoxy) is 1. The van der Waals surface area contributed by atoms with Crippen LogP contribution in [0.1, 0.15) is 28.1 Å². The lowest BCUT2D eigenvalue weighted by Crippen LogP contribution is -2.31. The first-order chi connectivity index (χ1) is 10.3. The van der Waals surface area contributed by atoms with Gasteiger partial charge in [0.1, 0.15) is 22.5 Å². The zero-order chi connectivity index (χ0) is 16.3. The molecule has 0 amide bonds. The van der Waals surface area contributed by atoms with Crippen molar-refractivity contribution in [1.29, 1.82) is 0 Å². The van der Waals surface area contributed by atoms with Gasteiger partial charge >= 0.3 is 5.97 Å². The summed E-state index contributed by atoms with van der Waals surface area (Å²) < 4.78 is 41.1. The van der Waals surface area contributed by atoms with Crippen LogP contribution < -0.4 is 4.72 Å². The molecule has 2 N–H and O–H groups in total. The Bertz CT molecular complexity index is 764. The number of aromatic nitrogens is 1. The van der Waals surface area contributed by atoms with E-state index in [-0.39, 0.29) is 11.5 Å². The molecular formula is C12H14N2O6S2. The number of nitrogens with one attached hydrogen (secondary N) is 1. The minimum Gasteiger partial charge on any atom is -0.476 e. The van der Waals surface area contributed by atoms with Crippen LogP contribution in [0.25, 0.3) is 0 Å². The smallest absolute Gasteiger partial charge is 0.357 e. The standard InChI is InChI=1S/C12H14N2O6S2/c1-7-3-4-9(20-7)8(5-19-2)14-22(17,18)10-6-21-13-11(10)12(15)16/h3-4,6,8,14H,5H2,1-2H3,(H,15,16). The van der Waals surface area contributed by atoms with Crippen molar-refractivity contribution in [2.24, 2.45) is 0 Å². The van der Waals surface area contributed by atoms with E-state index in [1.807, 2.05) is 0 Å². The third kappa shape index (κ3) is 3.53. The summed E-state index contributed by atoms with van der Waals surface area (Å²) >= 11 is 0.757. The van der Waals surface area contributed by atoms with Crippen LogP contribution in [-0.4, -0.2) is 37.6 Å². The molecule has 120 valence electrons. The van der Waals surface area contributed by atoms with Crippen LogP contribution in [0.2, 0.25) is 0 Å². The number of carboxylic acid groups (broad SMARTS) is 1. The monoisotopic (exact) mass is 346 g/mol. The van der Waals surface area contributed by atoms with Crippen molar-refractivity contribution < 1.29 is 27.5 Å². The van der Waals surface area contributed by atoms with Gasteiger partial charge in [-0.15, -0.1) is 0 Å². The summed E-state index contributed by atoms with van der Waals surface area (Å²) in [6.45, 7) is 1.76.